The van der Waals surface area contributed by atoms with Gasteiger partial charge in [-0.05, 0) is 123 Å². The first-order chi connectivity index (χ1) is 23.9. The van der Waals surface area contributed by atoms with Crippen LogP contribution < -0.4 is 0 Å². The van der Waals surface area contributed by atoms with E-state index in [0.29, 0.717) is 0 Å². The fourth-order valence-corrected chi connectivity index (χ4v) is 13.9. The SMILES string of the molecule is Cc1cccc(-c2ccc3n2[Si]2(n4c(-c5cccc(C)c5)ccc4-3)n3c(-c4cccc(C)c4)ccc3-c3ccc(-c4cccc(C)c4)n32)c1. The molecule has 236 valence electrons. The molecule has 0 unspecified atom stereocenters. The van der Waals surface area contributed by atoms with Crippen molar-refractivity contribution < 1.29 is 0 Å². The van der Waals surface area contributed by atoms with Crippen molar-refractivity contribution in [1.82, 2.24) is 16.9 Å². The van der Waals surface area contributed by atoms with Crippen molar-refractivity contribution in [2.45, 2.75) is 27.7 Å². The smallest absolute Gasteiger partial charge is 0.313 e. The summed E-state index contributed by atoms with van der Waals surface area (Å²) in [4.78, 5) is 0. The Bertz CT molecular complexity index is 2260. The van der Waals surface area contributed by atoms with E-state index in [1.54, 1.807) is 0 Å². The molecule has 0 radical (unpaired) electrons. The van der Waals surface area contributed by atoms with E-state index in [-0.39, 0.29) is 0 Å². The van der Waals surface area contributed by atoms with Gasteiger partial charge in [0.05, 0.1) is 22.8 Å². The highest BCUT2D eigenvalue weighted by Gasteiger charge is 2.61. The summed E-state index contributed by atoms with van der Waals surface area (Å²) in [7, 11) is -3.26. The van der Waals surface area contributed by atoms with Crippen LogP contribution in [0.2, 0.25) is 0 Å². The van der Waals surface area contributed by atoms with Gasteiger partial charge in [0.25, 0.3) is 0 Å². The van der Waals surface area contributed by atoms with Crippen LogP contribution in [0.25, 0.3) is 67.8 Å². The number of aromatic nitrogens is 4. The molecule has 0 bridgehead atoms. The van der Waals surface area contributed by atoms with Crippen LogP contribution in [-0.2, 0) is 0 Å². The van der Waals surface area contributed by atoms with Crippen molar-refractivity contribution in [2.24, 2.45) is 0 Å². The molecule has 1 spiro atoms. The lowest BCUT2D eigenvalue weighted by Crippen LogP contribution is -2.60. The zero-order chi connectivity index (χ0) is 33.0. The Kier molecular flexibility index (Phi) is 5.83. The molecule has 10 rings (SSSR count). The molecule has 0 fully saturated rings. The second-order valence-electron chi connectivity index (χ2n) is 13.8. The first-order valence-electron chi connectivity index (χ1n) is 17.1. The van der Waals surface area contributed by atoms with E-state index in [1.807, 2.05) is 0 Å². The average molecular weight is 649 g/mol. The van der Waals surface area contributed by atoms with Gasteiger partial charge in [-0.3, -0.25) is 0 Å². The van der Waals surface area contributed by atoms with Gasteiger partial charge in [0.1, 0.15) is 0 Å². The van der Waals surface area contributed by atoms with Gasteiger partial charge in [0, 0.05) is 22.8 Å². The quantitative estimate of drug-likeness (QED) is 0.169. The molecule has 5 heteroatoms. The molecule has 8 aromatic rings. The van der Waals surface area contributed by atoms with E-state index in [4.69, 9.17) is 0 Å². The third-order valence-electron chi connectivity index (χ3n) is 10.5. The van der Waals surface area contributed by atoms with Crippen molar-refractivity contribution in [1.29, 1.82) is 0 Å². The van der Waals surface area contributed by atoms with Gasteiger partial charge in [-0.25, -0.2) is 0 Å². The second kappa shape index (κ2) is 10.1. The van der Waals surface area contributed by atoms with Crippen LogP contribution in [0.3, 0.4) is 0 Å². The summed E-state index contributed by atoms with van der Waals surface area (Å²) in [5, 5.41) is 0. The molecule has 2 aliphatic heterocycles. The Labute approximate surface area is 288 Å². The average Bonchev–Trinajstić information content (AvgIpc) is 3.92. The van der Waals surface area contributed by atoms with E-state index in [1.165, 1.54) is 90.1 Å². The van der Waals surface area contributed by atoms with Crippen molar-refractivity contribution in [3.05, 3.63) is 168 Å². The first-order valence-corrected chi connectivity index (χ1v) is 18.9. The van der Waals surface area contributed by atoms with Crippen molar-refractivity contribution in [3.8, 4) is 67.8 Å². The number of rotatable bonds is 4. The summed E-state index contributed by atoms with van der Waals surface area (Å²) in [6.07, 6.45) is 0. The zero-order valence-electron chi connectivity index (χ0n) is 28.1. The Morgan fingerprint density at radius 3 is 0.735 bits per heavy atom. The molecule has 2 aliphatic rings. The fourth-order valence-electron chi connectivity index (χ4n) is 8.56. The van der Waals surface area contributed by atoms with Gasteiger partial charge in [0.15, 0.2) is 0 Å². The van der Waals surface area contributed by atoms with Crippen LogP contribution in [-0.4, -0.2) is 25.7 Å². The van der Waals surface area contributed by atoms with Gasteiger partial charge < -0.3 is 16.9 Å². The lowest BCUT2D eigenvalue weighted by atomic mass is 10.1. The van der Waals surface area contributed by atoms with Crippen molar-refractivity contribution >= 4 is 8.72 Å². The van der Waals surface area contributed by atoms with Crippen molar-refractivity contribution in [3.63, 3.8) is 0 Å². The van der Waals surface area contributed by atoms with E-state index < -0.39 is 8.72 Å². The molecule has 49 heavy (non-hydrogen) atoms. The van der Waals surface area contributed by atoms with E-state index >= 15 is 0 Å². The summed E-state index contributed by atoms with van der Waals surface area (Å²) in [5.41, 5.74) is 20.0. The number of fused-ring (bicyclic) bond motifs is 10. The summed E-state index contributed by atoms with van der Waals surface area (Å²) in [6, 6.07) is 54.8. The minimum Gasteiger partial charge on any atom is -0.313 e. The Hall–Kier alpha value is -5.78. The minimum atomic E-state index is -3.26. The number of aryl methyl sites for hydroxylation is 4. The molecule has 0 saturated carbocycles. The lowest BCUT2D eigenvalue weighted by molar-refractivity contribution is 0.916. The molecular formula is C44H36N4Si. The van der Waals surface area contributed by atoms with Crippen LogP contribution in [0, 0.1) is 27.7 Å². The third kappa shape index (κ3) is 3.79. The predicted octanol–water partition coefficient (Wildman–Crippen LogP) is 10.7. The monoisotopic (exact) mass is 648 g/mol. The molecule has 4 aromatic carbocycles. The third-order valence-corrected chi connectivity index (χ3v) is 14.8. The summed E-state index contributed by atoms with van der Waals surface area (Å²) < 4.78 is 11.0. The first kappa shape index (κ1) is 28.2. The van der Waals surface area contributed by atoms with Gasteiger partial charge in [-0.1, -0.05) is 95.1 Å². The number of benzene rings is 4. The van der Waals surface area contributed by atoms with E-state index in [9.17, 15) is 0 Å². The van der Waals surface area contributed by atoms with Gasteiger partial charge in [-0.2, -0.15) is 0 Å². The van der Waals surface area contributed by atoms with Crippen LogP contribution in [0.1, 0.15) is 22.3 Å². The predicted molar refractivity (Wildman–Crippen MR) is 204 cm³/mol. The molecule has 0 amide bonds. The van der Waals surface area contributed by atoms with E-state index in [0.717, 1.165) is 0 Å². The fraction of sp³-hybridized carbons (Fsp3) is 0.0909. The van der Waals surface area contributed by atoms with Gasteiger partial charge in [0.2, 0.25) is 0 Å². The Morgan fingerprint density at radius 2 is 0.510 bits per heavy atom. The largest absolute Gasteiger partial charge is 0.522 e. The molecule has 0 saturated heterocycles. The molecule has 4 nitrogen and oxygen atoms in total. The molecular weight excluding hydrogens is 613 g/mol. The number of hydrogen-bond donors (Lipinski definition) is 0. The highest BCUT2D eigenvalue weighted by Crippen LogP contribution is 2.52. The highest BCUT2D eigenvalue weighted by atomic mass is 28.4. The number of hydrogen-bond acceptors (Lipinski definition) is 0. The molecule has 0 atom stereocenters. The summed E-state index contributed by atoms with van der Waals surface area (Å²) in [5.74, 6) is 0. The standard InChI is InChI=1S/C44H36N4Si/c1-29-9-5-13-33(25-29)37-17-21-41-42-22-18-38(34-14-6-10-30(2)26-34)46(42)49(45(37)41)47-39(35-15-7-11-31(3)27-35)19-23-43(47)44-24-20-40(48(44)49)36-16-8-12-32(4)28-36/h5-28H,1-4H3. The Balaban J connectivity index is 1.41. The normalized spacial score (nSPS) is 13.5. The van der Waals surface area contributed by atoms with Crippen LogP contribution in [0.5, 0.6) is 0 Å². The van der Waals surface area contributed by atoms with Crippen molar-refractivity contribution in [2.75, 3.05) is 0 Å². The topological polar surface area (TPSA) is 19.7 Å². The van der Waals surface area contributed by atoms with E-state index in [2.05, 4.69) is 190 Å². The highest BCUT2D eigenvalue weighted by molar-refractivity contribution is 6.79. The molecule has 0 N–H and O–H groups in total. The van der Waals surface area contributed by atoms with Gasteiger partial charge in [-0.15, -0.1) is 0 Å². The zero-order valence-corrected chi connectivity index (χ0v) is 29.1. The number of nitrogens with zero attached hydrogens (tertiary/aromatic N) is 4. The van der Waals surface area contributed by atoms with Crippen LogP contribution in [0.15, 0.2) is 146 Å². The second-order valence-corrected chi connectivity index (χ2v) is 16.8. The van der Waals surface area contributed by atoms with Crippen LogP contribution in [0.4, 0.5) is 0 Å². The molecule has 6 heterocycles. The molecule has 4 aromatic heterocycles. The summed E-state index contributed by atoms with van der Waals surface area (Å²) >= 11 is 0. The maximum Gasteiger partial charge on any atom is 0.522 e. The van der Waals surface area contributed by atoms with Gasteiger partial charge >= 0.3 is 8.72 Å². The Morgan fingerprint density at radius 1 is 0.286 bits per heavy atom. The molecule has 0 aliphatic carbocycles. The minimum absolute atomic E-state index is 1.24. The summed E-state index contributed by atoms with van der Waals surface area (Å²) in [6.45, 7) is 8.77. The maximum absolute atomic E-state index is 3.26. The maximum atomic E-state index is 2.75. The van der Waals surface area contributed by atoms with Crippen LogP contribution >= 0.6 is 0 Å². The lowest BCUT2D eigenvalue weighted by Gasteiger charge is -2.35.